The molecule has 7 heteroatoms. The molecule has 1 heterocycles. The maximum atomic E-state index is 5.34. The van der Waals surface area contributed by atoms with Crippen molar-refractivity contribution in [2.75, 3.05) is 27.8 Å². The standard InChI is InChI=1S/C18H26N4O2S/c1-13-11-21-17(25-13)12-22-18(19-2)20-9-5-6-14-7-8-15(23-3)16(10-14)24-4/h7-8,10-11H,5-6,9,12H2,1-4H3,(H2,19,20,22). The van der Waals surface area contributed by atoms with Crippen molar-refractivity contribution in [3.05, 3.63) is 39.8 Å². The highest BCUT2D eigenvalue weighted by Crippen LogP contribution is 2.27. The fourth-order valence-electron chi connectivity index (χ4n) is 2.40. The van der Waals surface area contributed by atoms with Gasteiger partial charge in [0, 0.05) is 24.7 Å². The van der Waals surface area contributed by atoms with E-state index >= 15 is 0 Å². The second-order valence-corrected chi connectivity index (χ2v) is 6.83. The van der Waals surface area contributed by atoms with Crippen LogP contribution in [0.15, 0.2) is 29.4 Å². The minimum absolute atomic E-state index is 0.688. The Kier molecular flexibility index (Phi) is 7.53. The molecule has 0 fully saturated rings. The lowest BCUT2D eigenvalue weighted by molar-refractivity contribution is 0.354. The summed E-state index contributed by atoms with van der Waals surface area (Å²) in [7, 11) is 5.08. The molecule has 25 heavy (non-hydrogen) atoms. The molecule has 136 valence electrons. The minimum Gasteiger partial charge on any atom is -0.493 e. The van der Waals surface area contributed by atoms with Crippen LogP contribution in [-0.4, -0.2) is 38.8 Å². The zero-order valence-corrected chi connectivity index (χ0v) is 16.1. The van der Waals surface area contributed by atoms with Crippen molar-refractivity contribution < 1.29 is 9.47 Å². The van der Waals surface area contributed by atoms with E-state index < -0.39 is 0 Å². The van der Waals surface area contributed by atoms with Gasteiger partial charge in [0.05, 0.1) is 20.8 Å². The summed E-state index contributed by atoms with van der Waals surface area (Å²) in [5.74, 6) is 2.32. The van der Waals surface area contributed by atoms with Crippen molar-refractivity contribution in [2.24, 2.45) is 4.99 Å². The Hall–Kier alpha value is -2.28. The first-order chi connectivity index (χ1) is 12.2. The number of hydrogen-bond donors (Lipinski definition) is 2. The van der Waals surface area contributed by atoms with Gasteiger partial charge in [0.1, 0.15) is 5.01 Å². The molecule has 0 amide bonds. The molecular formula is C18H26N4O2S. The predicted molar refractivity (Wildman–Crippen MR) is 103 cm³/mol. The number of ether oxygens (including phenoxy) is 2. The highest BCUT2D eigenvalue weighted by Gasteiger charge is 2.05. The molecule has 2 rings (SSSR count). The lowest BCUT2D eigenvalue weighted by atomic mass is 10.1. The lowest BCUT2D eigenvalue weighted by Crippen LogP contribution is -2.37. The predicted octanol–water partition coefficient (Wildman–Crippen LogP) is 2.77. The van der Waals surface area contributed by atoms with Crippen LogP contribution in [0, 0.1) is 6.92 Å². The molecule has 0 atom stereocenters. The fraction of sp³-hybridized carbons (Fsp3) is 0.444. The van der Waals surface area contributed by atoms with Gasteiger partial charge in [-0.05, 0) is 37.5 Å². The summed E-state index contributed by atoms with van der Waals surface area (Å²) in [6.45, 7) is 3.58. The second-order valence-electron chi connectivity index (χ2n) is 5.51. The monoisotopic (exact) mass is 362 g/mol. The molecule has 0 radical (unpaired) electrons. The third-order valence-electron chi connectivity index (χ3n) is 3.68. The van der Waals surface area contributed by atoms with Crippen LogP contribution in [0.1, 0.15) is 21.9 Å². The molecule has 0 saturated carbocycles. The van der Waals surface area contributed by atoms with E-state index in [0.29, 0.717) is 6.54 Å². The summed E-state index contributed by atoms with van der Waals surface area (Å²) < 4.78 is 10.6. The van der Waals surface area contributed by atoms with Crippen molar-refractivity contribution in [2.45, 2.75) is 26.3 Å². The van der Waals surface area contributed by atoms with Gasteiger partial charge in [-0.25, -0.2) is 4.98 Å². The van der Waals surface area contributed by atoms with Crippen molar-refractivity contribution in [1.82, 2.24) is 15.6 Å². The molecule has 6 nitrogen and oxygen atoms in total. The molecule has 2 N–H and O–H groups in total. The van der Waals surface area contributed by atoms with Gasteiger partial charge in [-0.3, -0.25) is 4.99 Å². The first kappa shape index (κ1) is 19.1. The number of aliphatic imine (C=N–C) groups is 1. The van der Waals surface area contributed by atoms with E-state index in [0.717, 1.165) is 41.9 Å². The van der Waals surface area contributed by atoms with Crippen LogP contribution < -0.4 is 20.1 Å². The van der Waals surface area contributed by atoms with Crippen LogP contribution in [0.3, 0.4) is 0 Å². The highest BCUT2D eigenvalue weighted by molar-refractivity contribution is 7.11. The van der Waals surface area contributed by atoms with E-state index in [2.05, 4.69) is 33.6 Å². The number of hydrogen-bond acceptors (Lipinski definition) is 5. The third-order valence-corrected chi connectivity index (χ3v) is 4.60. The summed E-state index contributed by atoms with van der Waals surface area (Å²) in [4.78, 5) is 9.80. The van der Waals surface area contributed by atoms with E-state index in [4.69, 9.17) is 9.47 Å². The average molecular weight is 362 g/mol. The summed E-state index contributed by atoms with van der Waals surface area (Å²) in [6, 6.07) is 6.04. The van der Waals surface area contributed by atoms with Crippen LogP contribution in [-0.2, 0) is 13.0 Å². The fourth-order valence-corrected chi connectivity index (χ4v) is 3.13. The van der Waals surface area contributed by atoms with Crippen LogP contribution in [0.5, 0.6) is 11.5 Å². The first-order valence-corrected chi connectivity index (χ1v) is 9.04. The van der Waals surface area contributed by atoms with E-state index in [1.54, 1.807) is 32.6 Å². The number of nitrogens with one attached hydrogen (secondary N) is 2. The van der Waals surface area contributed by atoms with Gasteiger partial charge in [-0.15, -0.1) is 11.3 Å². The highest BCUT2D eigenvalue weighted by atomic mass is 32.1. The molecule has 0 aliphatic heterocycles. The number of benzene rings is 1. The third kappa shape index (κ3) is 5.94. The van der Waals surface area contributed by atoms with Crippen molar-refractivity contribution in [1.29, 1.82) is 0 Å². The Morgan fingerprint density at radius 2 is 2.00 bits per heavy atom. The molecule has 0 spiro atoms. The van der Waals surface area contributed by atoms with Gasteiger partial charge in [0.15, 0.2) is 17.5 Å². The Labute approximate surface area is 153 Å². The van der Waals surface area contributed by atoms with Crippen LogP contribution >= 0.6 is 11.3 Å². The summed E-state index contributed by atoms with van der Waals surface area (Å²) >= 11 is 1.69. The van der Waals surface area contributed by atoms with E-state index in [9.17, 15) is 0 Å². The zero-order chi connectivity index (χ0) is 18.1. The van der Waals surface area contributed by atoms with Crippen LogP contribution in [0.4, 0.5) is 0 Å². The van der Waals surface area contributed by atoms with Crippen molar-refractivity contribution in [3.63, 3.8) is 0 Å². The number of methoxy groups -OCH3 is 2. The maximum absolute atomic E-state index is 5.34. The Balaban J connectivity index is 1.73. The lowest BCUT2D eigenvalue weighted by Gasteiger charge is -2.12. The SMILES string of the molecule is CN=C(NCCCc1ccc(OC)c(OC)c1)NCc1ncc(C)s1. The maximum Gasteiger partial charge on any atom is 0.191 e. The van der Waals surface area contributed by atoms with Gasteiger partial charge in [-0.2, -0.15) is 0 Å². The molecule has 1 aromatic heterocycles. The van der Waals surface area contributed by atoms with Gasteiger partial charge in [0.25, 0.3) is 0 Å². The molecule has 0 bridgehead atoms. The van der Waals surface area contributed by atoms with Gasteiger partial charge >= 0.3 is 0 Å². The van der Waals surface area contributed by atoms with Crippen LogP contribution in [0.2, 0.25) is 0 Å². The van der Waals surface area contributed by atoms with Crippen molar-refractivity contribution >= 4 is 17.3 Å². The van der Waals surface area contributed by atoms with Gasteiger partial charge < -0.3 is 20.1 Å². The van der Waals surface area contributed by atoms with E-state index in [-0.39, 0.29) is 0 Å². The summed E-state index contributed by atoms with van der Waals surface area (Å²) in [6.07, 6.45) is 3.84. The molecule has 0 saturated heterocycles. The van der Waals surface area contributed by atoms with Gasteiger partial charge in [-0.1, -0.05) is 6.07 Å². The van der Waals surface area contributed by atoms with E-state index in [1.807, 2.05) is 18.3 Å². The second kappa shape index (κ2) is 9.88. The smallest absolute Gasteiger partial charge is 0.191 e. The molecule has 0 aliphatic carbocycles. The van der Waals surface area contributed by atoms with Gasteiger partial charge in [0.2, 0.25) is 0 Å². The molecule has 0 aliphatic rings. The quantitative estimate of drug-likeness (QED) is 0.429. The van der Waals surface area contributed by atoms with E-state index in [1.165, 1.54) is 10.4 Å². The first-order valence-electron chi connectivity index (χ1n) is 8.23. The summed E-state index contributed by atoms with van der Waals surface area (Å²) in [5.41, 5.74) is 1.22. The molecule has 2 aromatic rings. The minimum atomic E-state index is 0.688. The van der Waals surface area contributed by atoms with Crippen molar-refractivity contribution in [3.8, 4) is 11.5 Å². The Morgan fingerprint density at radius 3 is 2.64 bits per heavy atom. The largest absolute Gasteiger partial charge is 0.493 e. The number of aryl methyl sites for hydroxylation is 2. The normalized spacial score (nSPS) is 11.3. The number of nitrogens with zero attached hydrogens (tertiary/aromatic N) is 2. The number of aromatic nitrogens is 1. The molecule has 0 unspecified atom stereocenters. The van der Waals surface area contributed by atoms with Crippen LogP contribution in [0.25, 0.3) is 0 Å². The number of rotatable bonds is 8. The zero-order valence-electron chi connectivity index (χ0n) is 15.3. The molecular weight excluding hydrogens is 336 g/mol. The Morgan fingerprint density at radius 1 is 1.20 bits per heavy atom. The topological polar surface area (TPSA) is 67.8 Å². The molecule has 1 aromatic carbocycles. The Bertz CT molecular complexity index is 700. The number of thiazole rings is 1. The summed E-state index contributed by atoms with van der Waals surface area (Å²) in [5, 5.41) is 7.67. The average Bonchev–Trinajstić information content (AvgIpc) is 3.06. The number of guanidine groups is 1.